The van der Waals surface area contributed by atoms with Crippen LogP contribution < -0.4 is 9.47 Å². The zero-order valence-electron chi connectivity index (χ0n) is 16.7. The van der Waals surface area contributed by atoms with Gasteiger partial charge in [0.2, 0.25) is 0 Å². The highest BCUT2D eigenvalue weighted by atomic mass is 79.9. The van der Waals surface area contributed by atoms with E-state index in [9.17, 15) is 9.59 Å². The van der Waals surface area contributed by atoms with Gasteiger partial charge in [0.15, 0.2) is 17.3 Å². The molecule has 2 atom stereocenters. The Morgan fingerprint density at radius 3 is 2.54 bits per heavy atom. The standard InChI is InChI=1S/C21H28BrNO5/c1-21(19(24)11-22)13-23(20(25)27-3)12-16(21)14-8-9-17(26-2)18(10-14)28-15-6-4-5-7-15/h8-10,15-16H,4-7,11-13H2,1-3H3/t16-,21-/m1/s1. The number of amides is 1. The van der Waals surface area contributed by atoms with E-state index in [1.807, 2.05) is 25.1 Å². The Morgan fingerprint density at radius 1 is 1.21 bits per heavy atom. The van der Waals surface area contributed by atoms with Crippen LogP contribution in [0.3, 0.4) is 0 Å². The van der Waals surface area contributed by atoms with Gasteiger partial charge in [-0.15, -0.1) is 0 Å². The number of ketones is 1. The van der Waals surface area contributed by atoms with Crippen LogP contribution in [0.25, 0.3) is 0 Å². The molecule has 1 aliphatic heterocycles. The number of carbonyl (C=O) groups is 2. The first-order valence-electron chi connectivity index (χ1n) is 9.69. The van der Waals surface area contributed by atoms with Crippen molar-refractivity contribution in [2.45, 2.75) is 44.6 Å². The fraction of sp³-hybridized carbons (Fsp3) is 0.619. The van der Waals surface area contributed by atoms with Crippen LogP contribution in [0.5, 0.6) is 11.5 Å². The molecule has 0 radical (unpaired) electrons. The number of carbonyl (C=O) groups excluding carboxylic acids is 2. The first kappa shape index (κ1) is 21.0. The number of halogens is 1. The van der Waals surface area contributed by atoms with Crippen LogP contribution in [0.15, 0.2) is 18.2 Å². The molecule has 1 saturated carbocycles. The quantitative estimate of drug-likeness (QED) is 0.605. The molecule has 1 amide bonds. The Bertz CT molecular complexity index is 734. The van der Waals surface area contributed by atoms with Crippen molar-refractivity contribution in [2.24, 2.45) is 5.41 Å². The summed E-state index contributed by atoms with van der Waals surface area (Å²) >= 11 is 3.30. The van der Waals surface area contributed by atoms with Crippen molar-refractivity contribution in [1.82, 2.24) is 4.90 Å². The van der Waals surface area contributed by atoms with E-state index in [1.54, 1.807) is 12.0 Å². The van der Waals surface area contributed by atoms with Crippen molar-refractivity contribution in [1.29, 1.82) is 0 Å². The SMILES string of the molecule is COC(=O)N1C[C@H](c2ccc(OC)c(OC3CCCC3)c2)[C@](C)(C(=O)CBr)C1. The van der Waals surface area contributed by atoms with E-state index in [-0.39, 0.29) is 23.1 Å². The maximum Gasteiger partial charge on any atom is 0.409 e. The Hall–Kier alpha value is -1.76. The van der Waals surface area contributed by atoms with Crippen molar-refractivity contribution >= 4 is 27.8 Å². The number of methoxy groups -OCH3 is 2. The minimum atomic E-state index is -0.698. The Kier molecular flexibility index (Phi) is 6.53. The van der Waals surface area contributed by atoms with Crippen LogP contribution in [0.2, 0.25) is 0 Å². The van der Waals surface area contributed by atoms with Crippen molar-refractivity contribution in [2.75, 3.05) is 32.6 Å². The molecule has 1 saturated heterocycles. The summed E-state index contributed by atoms with van der Waals surface area (Å²) in [5.41, 5.74) is 0.272. The Morgan fingerprint density at radius 2 is 1.93 bits per heavy atom. The molecule has 7 heteroatoms. The molecule has 2 fully saturated rings. The lowest BCUT2D eigenvalue weighted by atomic mass is 9.73. The van der Waals surface area contributed by atoms with Crippen LogP contribution >= 0.6 is 15.9 Å². The Labute approximate surface area is 174 Å². The van der Waals surface area contributed by atoms with Gasteiger partial charge in [0.1, 0.15) is 0 Å². The van der Waals surface area contributed by atoms with Crippen LogP contribution in [-0.2, 0) is 9.53 Å². The highest BCUT2D eigenvalue weighted by molar-refractivity contribution is 9.09. The molecule has 1 aliphatic carbocycles. The summed E-state index contributed by atoms with van der Waals surface area (Å²) < 4.78 is 16.6. The summed E-state index contributed by atoms with van der Waals surface area (Å²) in [6, 6.07) is 5.83. The molecule has 0 spiro atoms. The Balaban J connectivity index is 1.94. The van der Waals surface area contributed by atoms with E-state index < -0.39 is 11.5 Å². The van der Waals surface area contributed by atoms with Crippen molar-refractivity contribution in [3.63, 3.8) is 0 Å². The second kappa shape index (κ2) is 8.72. The van der Waals surface area contributed by atoms with Gasteiger partial charge >= 0.3 is 6.09 Å². The summed E-state index contributed by atoms with van der Waals surface area (Å²) in [4.78, 5) is 26.5. The number of hydrogen-bond donors (Lipinski definition) is 0. The van der Waals surface area contributed by atoms with Gasteiger partial charge in [0.25, 0.3) is 0 Å². The fourth-order valence-electron chi connectivity index (χ4n) is 4.36. The van der Waals surface area contributed by atoms with Crippen LogP contribution in [0.1, 0.15) is 44.1 Å². The molecule has 0 N–H and O–H groups in total. The van der Waals surface area contributed by atoms with E-state index in [0.717, 1.165) is 18.4 Å². The van der Waals surface area contributed by atoms with Gasteiger partial charge in [0, 0.05) is 19.0 Å². The van der Waals surface area contributed by atoms with Gasteiger partial charge in [0.05, 0.1) is 31.1 Å². The largest absolute Gasteiger partial charge is 0.493 e. The zero-order chi connectivity index (χ0) is 20.3. The molecule has 1 aromatic carbocycles. The number of likely N-dealkylation sites (tertiary alicyclic amines) is 1. The second-order valence-corrected chi connectivity index (χ2v) is 8.37. The fourth-order valence-corrected chi connectivity index (χ4v) is 5.00. The molecule has 154 valence electrons. The summed E-state index contributed by atoms with van der Waals surface area (Å²) in [5.74, 6) is 1.32. The maximum absolute atomic E-state index is 12.8. The lowest BCUT2D eigenvalue weighted by molar-refractivity contribution is -0.125. The smallest absolute Gasteiger partial charge is 0.409 e. The number of hydrogen-bond acceptors (Lipinski definition) is 5. The molecule has 3 rings (SSSR count). The molecule has 1 aromatic rings. The first-order valence-corrected chi connectivity index (χ1v) is 10.8. The highest BCUT2D eigenvalue weighted by Gasteiger charge is 2.50. The average Bonchev–Trinajstić information content (AvgIpc) is 3.35. The normalized spacial score (nSPS) is 25.0. The van der Waals surface area contributed by atoms with Crippen LogP contribution in [0.4, 0.5) is 4.79 Å². The lowest BCUT2D eigenvalue weighted by Gasteiger charge is -2.29. The monoisotopic (exact) mass is 453 g/mol. The van der Waals surface area contributed by atoms with Crippen molar-refractivity contribution < 1.29 is 23.8 Å². The number of benzene rings is 1. The molecule has 0 unspecified atom stereocenters. The lowest BCUT2D eigenvalue weighted by Crippen LogP contribution is -2.37. The van der Waals surface area contributed by atoms with Gasteiger partial charge < -0.3 is 19.1 Å². The summed E-state index contributed by atoms with van der Waals surface area (Å²) in [7, 11) is 2.99. The summed E-state index contributed by atoms with van der Waals surface area (Å²) in [6.07, 6.45) is 4.25. The molecule has 1 heterocycles. The highest BCUT2D eigenvalue weighted by Crippen LogP contribution is 2.46. The zero-order valence-corrected chi connectivity index (χ0v) is 18.3. The van der Waals surface area contributed by atoms with Gasteiger partial charge in [-0.05, 0) is 43.4 Å². The topological polar surface area (TPSA) is 65.1 Å². The van der Waals surface area contributed by atoms with Gasteiger partial charge in [-0.1, -0.05) is 28.9 Å². The predicted octanol–water partition coefficient (Wildman–Crippen LogP) is 4.15. The van der Waals surface area contributed by atoms with E-state index in [0.29, 0.717) is 24.6 Å². The first-order chi connectivity index (χ1) is 13.4. The van der Waals surface area contributed by atoms with Gasteiger partial charge in [-0.3, -0.25) is 4.79 Å². The van der Waals surface area contributed by atoms with E-state index in [1.165, 1.54) is 20.0 Å². The second-order valence-electron chi connectivity index (χ2n) is 7.81. The third kappa shape index (κ3) is 4.00. The minimum absolute atomic E-state index is 0.0676. The predicted molar refractivity (Wildman–Crippen MR) is 110 cm³/mol. The van der Waals surface area contributed by atoms with Gasteiger partial charge in [-0.2, -0.15) is 0 Å². The number of nitrogens with zero attached hydrogens (tertiary/aromatic N) is 1. The van der Waals surface area contributed by atoms with Crippen molar-refractivity contribution in [3.05, 3.63) is 23.8 Å². The molecular weight excluding hydrogens is 426 g/mol. The van der Waals surface area contributed by atoms with Crippen LogP contribution in [-0.4, -0.2) is 55.5 Å². The molecule has 28 heavy (non-hydrogen) atoms. The van der Waals surface area contributed by atoms with E-state index in [4.69, 9.17) is 14.2 Å². The maximum atomic E-state index is 12.8. The minimum Gasteiger partial charge on any atom is -0.493 e. The number of rotatable bonds is 6. The van der Waals surface area contributed by atoms with Crippen molar-refractivity contribution in [3.8, 4) is 11.5 Å². The average molecular weight is 454 g/mol. The molecule has 0 bridgehead atoms. The number of alkyl halides is 1. The third-order valence-corrected chi connectivity index (χ3v) is 6.58. The number of Topliss-reactive ketones (excluding diaryl/α,β-unsaturated/α-hetero) is 1. The molecule has 2 aliphatic rings. The molecular formula is C21H28BrNO5. The molecule has 0 aromatic heterocycles. The number of ether oxygens (including phenoxy) is 3. The van der Waals surface area contributed by atoms with E-state index in [2.05, 4.69) is 15.9 Å². The summed E-state index contributed by atoms with van der Waals surface area (Å²) in [6.45, 7) is 2.68. The summed E-state index contributed by atoms with van der Waals surface area (Å²) in [5, 5.41) is 0.247. The molecule has 6 nitrogen and oxygen atoms in total. The third-order valence-electron chi connectivity index (χ3n) is 6.07. The van der Waals surface area contributed by atoms with Crippen LogP contribution in [0, 0.1) is 5.41 Å². The van der Waals surface area contributed by atoms with Gasteiger partial charge in [-0.25, -0.2) is 4.79 Å². The van der Waals surface area contributed by atoms with E-state index >= 15 is 0 Å².